The van der Waals surface area contributed by atoms with Crippen LogP contribution in [0.3, 0.4) is 0 Å². The Hall–Kier alpha value is -2.02. The van der Waals surface area contributed by atoms with Crippen molar-refractivity contribution in [3.05, 3.63) is 41.9 Å². The Morgan fingerprint density at radius 3 is 2.88 bits per heavy atom. The molecule has 0 radical (unpaired) electrons. The number of hydrogen-bond acceptors (Lipinski definition) is 5. The third kappa shape index (κ3) is 3.40. The minimum Gasteiger partial charge on any atom is -0.353 e. The number of hydrogen-bond donors (Lipinski definition) is 0. The molecule has 0 N–H and O–H groups in total. The van der Waals surface area contributed by atoms with Crippen LogP contribution in [0, 0.1) is 0 Å². The average Bonchev–Trinajstić information content (AvgIpc) is 3.09. The SMILES string of the molecule is Clc1ccc2ncc(-c3cnn(CCC4OCCCO4)c3)cc2n1. The second-order valence-corrected chi connectivity index (χ2v) is 6.09. The lowest BCUT2D eigenvalue weighted by atomic mass is 10.1. The standard InChI is InChI=1S/C17H17ClN4O2/c18-16-3-2-14-15(21-16)8-12(9-19-14)13-10-20-22(11-13)5-4-17-23-6-1-7-24-17/h2-3,8-11,17H,1,4-7H2. The van der Waals surface area contributed by atoms with E-state index in [1.165, 1.54) is 0 Å². The molecule has 0 amide bonds. The summed E-state index contributed by atoms with van der Waals surface area (Å²) in [5.74, 6) is 0. The Morgan fingerprint density at radius 1 is 1.12 bits per heavy atom. The van der Waals surface area contributed by atoms with Gasteiger partial charge in [0, 0.05) is 36.5 Å². The summed E-state index contributed by atoms with van der Waals surface area (Å²) in [4.78, 5) is 8.74. The average molecular weight is 345 g/mol. The molecule has 3 aromatic heterocycles. The summed E-state index contributed by atoms with van der Waals surface area (Å²) in [5.41, 5.74) is 3.56. The lowest BCUT2D eigenvalue weighted by Gasteiger charge is -2.22. The molecule has 1 fully saturated rings. The summed E-state index contributed by atoms with van der Waals surface area (Å²) in [6, 6.07) is 5.58. The predicted octanol–water partition coefficient (Wildman–Crippen LogP) is 3.30. The smallest absolute Gasteiger partial charge is 0.159 e. The Labute approximate surface area is 144 Å². The molecule has 4 rings (SSSR count). The molecular weight excluding hydrogens is 328 g/mol. The van der Waals surface area contributed by atoms with Crippen LogP contribution in [0.1, 0.15) is 12.8 Å². The van der Waals surface area contributed by atoms with Gasteiger partial charge in [-0.2, -0.15) is 5.10 Å². The molecule has 0 aromatic carbocycles. The van der Waals surface area contributed by atoms with Gasteiger partial charge in [0.2, 0.25) is 0 Å². The van der Waals surface area contributed by atoms with Crippen LogP contribution in [0.25, 0.3) is 22.2 Å². The van der Waals surface area contributed by atoms with E-state index in [4.69, 9.17) is 21.1 Å². The first-order valence-corrected chi connectivity index (χ1v) is 8.34. The quantitative estimate of drug-likeness (QED) is 0.679. The summed E-state index contributed by atoms with van der Waals surface area (Å²) >= 11 is 5.96. The highest BCUT2D eigenvalue weighted by Gasteiger charge is 2.14. The predicted molar refractivity (Wildman–Crippen MR) is 90.7 cm³/mol. The molecular formula is C17H17ClN4O2. The summed E-state index contributed by atoms with van der Waals surface area (Å²) in [7, 11) is 0. The Morgan fingerprint density at radius 2 is 2.00 bits per heavy atom. The van der Waals surface area contributed by atoms with Gasteiger partial charge in [-0.3, -0.25) is 9.67 Å². The van der Waals surface area contributed by atoms with E-state index in [2.05, 4.69) is 15.1 Å². The first-order valence-electron chi connectivity index (χ1n) is 7.96. The number of pyridine rings is 2. The zero-order valence-corrected chi connectivity index (χ0v) is 13.8. The second kappa shape index (κ2) is 6.84. The third-order valence-electron chi connectivity index (χ3n) is 3.96. The van der Waals surface area contributed by atoms with E-state index in [1.807, 2.05) is 35.4 Å². The maximum absolute atomic E-state index is 5.96. The van der Waals surface area contributed by atoms with Crippen LogP contribution < -0.4 is 0 Å². The molecule has 24 heavy (non-hydrogen) atoms. The van der Waals surface area contributed by atoms with Crippen molar-refractivity contribution in [3.63, 3.8) is 0 Å². The van der Waals surface area contributed by atoms with Crippen molar-refractivity contribution in [1.82, 2.24) is 19.7 Å². The first kappa shape index (κ1) is 15.5. The van der Waals surface area contributed by atoms with Gasteiger partial charge in [-0.15, -0.1) is 0 Å². The number of fused-ring (bicyclic) bond motifs is 1. The van der Waals surface area contributed by atoms with Gasteiger partial charge in [0.1, 0.15) is 5.15 Å². The van der Waals surface area contributed by atoms with Crippen LogP contribution in [0.2, 0.25) is 5.15 Å². The molecule has 1 saturated heterocycles. The number of ether oxygens (including phenoxy) is 2. The van der Waals surface area contributed by atoms with Crippen molar-refractivity contribution in [2.75, 3.05) is 13.2 Å². The van der Waals surface area contributed by atoms with Crippen molar-refractivity contribution in [1.29, 1.82) is 0 Å². The minimum atomic E-state index is -0.125. The largest absolute Gasteiger partial charge is 0.353 e. The van der Waals surface area contributed by atoms with Gasteiger partial charge < -0.3 is 9.47 Å². The van der Waals surface area contributed by atoms with E-state index in [9.17, 15) is 0 Å². The lowest BCUT2D eigenvalue weighted by Crippen LogP contribution is -2.26. The number of nitrogens with zero attached hydrogens (tertiary/aromatic N) is 4. The molecule has 0 aliphatic carbocycles. The fraction of sp³-hybridized carbons (Fsp3) is 0.353. The molecule has 124 valence electrons. The summed E-state index contributed by atoms with van der Waals surface area (Å²) in [5, 5.41) is 4.87. The molecule has 0 bridgehead atoms. The van der Waals surface area contributed by atoms with Crippen molar-refractivity contribution < 1.29 is 9.47 Å². The zero-order valence-electron chi connectivity index (χ0n) is 13.1. The van der Waals surface area contributed by atoms with Gasteiger partial charge in [0.05, 0.1) is 30.4 Å². The molecule has 6 nitrogen and oxygen atoms in total. The van der Waals surface area contributed by atoms with Gasteiger partial charge >= 0.3 is 0 Å². The van der Waals surface area contributed by atoms with Crippen LogP contribution in [-0.4, -0.2) is 39.3 Å². The second-order valence-electron chi connectivity index (χ2n) is 5.70. The Bertz CT molecular complexity index is 845. The first-order chi connectivity index (χ1) is 11.8. The Balaban J connectivity index is 1.49. The molecule has 7 heteroatoms. The van der Waals surface area contributed by atoms with Crippen molar-refractivity contribution in [2.24, 2.45) is 0 Å². The molecule has 0 atom stereocenters. The molecule has 3 aromatic rings. The maximum atomic E-state index is 5.96. The van der Waals surface area contributed by atoms with Crippen LogP contribution in [0.5, 0.6) is 0 Å². The van der Waals surface area contributed by atoms with Gasteiger partial charge in [0.25, 0.3) is 0 Å². The zero-order chi connectivity index (χ0) is 16.4. The van der Waals surface area contributed by atoms with E-state index < -0.39 is 0 Å². The number of halogens is 1. The minimum absolute atomic E-state index is 0.125. The molecule has 0 spiro atoms. The van der Waals surface area contributed by atoms with Gasteiger partial charge in [-0.05, 0) is 24.6 Å². The molecule has 0 saturated carbocycles. The third-order valence-corrected chi connectivity index (χ3v) is 4.17. The van der Waals surface area contributed by atoms with Gasteiger partial charge in [-0.25, -0.2) is 4.98 Å². The Kier molecular flexibility index (Phi) is 4.42. The summed E-state index contributed by atoms with van der Waals surface area (Å²) in [6.07, 6.45) is 7.28. The van der Waals surface area contributed by atoms with Crippen LogP contribution in [0.4, 0.5) is 0 Å². The number of rotatable bonds is 4. The maximum Gasteiger partial charge on any atom is 0.159 e. The van der Waals surface area contributed by atoms with E-state index in [1.54, 1.807) is 6.07 Å². The van der Waals surface area contributed by atoms with E-state index in [0.717, 1.165) is 54.8 Å². The van der Waals surface area contributed by atoms with Crippen molar-refractivity contribution in [2.45, 2.75) is 25.7 Å². The monoisotopic (exact) mass is 344 g/mol. The van der Waals surface area contributed by atoms with E-state index in [0.29, 0.717) is 5.15 Å². The molecule has 1 aliphatic rings. The summed E-state index contributed by atoms with van der Waals surface area (Å²) < 4.78 is 13.0. The molecule has 0 unspecified atom stereocenters. The fourth-order valence-electron chi connectivity index (χ4n) is 2.72. The van der Waals surface area contributed by atoms with E-state index >= 15 is 0 Å². The molecule has 4 heterocycles. The highest BCUT2D eigenvalue weighted by Crippen LogP contribution is 2.22. The number of aromatic nitrogens is 4. The highest BCUT2D eigenvalue weighted by atomic mass is 35.5. The van der Waals surface area contributed by atoms with Crippen LogP contribution in [0.15, 0.2) is 36.8 Å². The summed E-state index contributed by atoms with van der Waals surface area (Å²) in [6.45, 7) is 2.29. The van der Waals surface area contributed by atoms with Crippen molar-refractivity contribution in [3.8, 4) is 11.1 Å². The van der Waals surface area contributed by atoms with Crippen LogP contribution in [-0.2, 0) is 16.0 Å². The lowest BCUT2D eigenvalue weighted by molar-refractivity contribution is -0.182. The normalized spacial score (nSPS) is 15.9. The van der Waals surface area contributed by atoms with Gasteiger partial charge in [0.15, 0.2) is 6.29 Å². The number of aryl methyl sites for hydroxylation is 1. The van der Waals surface area contributed by atoms with Gasteiger partial charge in [-0.1, -0.05) is 11.6 Å². The van der Waals surface area contributed by atoms with Crippen LogP contribution >= 0.6 is 11.6 Å². The topological polar surface area (TPSA) is 62.1 Å². The fourth-order valence-corrected chi connectivity index (χ4v) is 2.87. The van der Waals surface area contributed by atoms with E-state index in [-0.39, 0.29) is 6.29 Å². The van der Waals surface area contributed by atoms with Crippen molar-refractivity contribution >= 4 is 22.6 Å². The highest BCUT2D eigenvalue weighted by molar-refractivity contribution is 6.29. The molecule has 1 aliphatic heterocycles.